The molecule has 0 aromatic carbocycles. The first-order chi connectivity index (χ1) is 7.72. The maximum absolute atomic E-state index is 12.0. The lowest BCUT2D eigenvalue weighted by molar-refractivity contribution is -0.123. The number of carbonyl (C=O) groups is 2. The third kappa shape index (κ3) is 3.72. The van der Waals surface area contributed by atoms with Gasteiger partial charge in [-0.25, -0.2) is 4.79 Å². The van der Waals surface area contributed by atoms with Crippen molar-refractivity contribution in [2.75, 3.05) is 6.54 Å². The molecule has 1 amide bonds. The molecule has 4 heteroatoms. The molecule has 0 radical (unpaired) electrons. The molecule has 0 aromatic heterocycles. The zero-order valence-corrected chi connectivity index (χ0v) is 11.4. The van der Waals surface area contributed by atoms with Crippen LogP contribution >= 0.6 is 0 Å². The zero-order valence-electron chi connectivity index (χ0n) is 11.4. The highest BCUT2D eigenvalue weighted by Gasteiger charge is 2.35. The Labute approximate surface area is 103 Å². The van der Waals surface area contributed by atoms with E-state index in [0.29, 0.717) is 6.54 Å². The number of carbonyl (C=O) groups excluding carboxylic acids is 2. The SMILES string of the molecule is CC(=O)C1CCCN(C(=O)OC(C)(C)C)C1C. The predicted octanol–water partition coefficient (Wildman–Crippen LogP) is 2.61. The van der Waals surface area contributed by atoms with Crippen molar-refractivity contribution in [3.63, 3.8) is 0 Å². The van der Waals surface area contributed by atoms with Crippen molar-refractivity contribution in [1.82, 2.24) is 4.90 Å². The number of piperidine rings is 1. The average Bonchev–Trinajstić information content (AvgIpc) is 2.14. The van der Waals surface area contributed by atoms with E-state index in [1.54, 1.807) is 11.8 Å². The summed E-state index contributed by atoms with van der Waals surface area (Å²) in [5, 5.41) is 0. The first-order valence-electron chi connectivity index (χ1n) is 6.22. The van der Waals surface area contributed by atoms with Gasteiger partial charge in [-0.2, -0.15) is 0 Å². The molecule has 0 aromatic rings. The molecular formula is C13H23NO3. The maximum Gasteiger partial charge on any atom is 0.410 e. The Morgan fingerprint density at radius 3 is 2.35 bits per heavy atom. The van der Waals surface area contributed by atoms with E-state index in [4.69, 9.17) is 4.74 Å². The van der Waals surface area contributed by atoms with Crippen LogP contribution in [0.15, 0.2) is 0 Å². The van der Waals surface area contributed by atoms with Gasteiger partial charge in [-0.3, -0.25) is 4.79 Å². The molecule has 0 N–H and O–H groups in total. The summed E-state index contributed by atoms with van der Waals surface area (Å²) >= 11 is 0. The van der Waals surface area contributed by atoms with Gasteiger partial charge >= 0.3 is 6.09 Å². The lowest BCUT2D eigenvalue weighted by Crippen LogP contribution is -2.50. The van der Waals surface area contributed by atoms with Crippen LogP contribution in [-0.4, -0.2) is 35.0 Å². The zero-order chi connectivity index (χ0) is 13.2. The molecule has 17 heavy (non-hydrogen) atoms. The van der Waals surface area contributed by atoms with Crippen molar-refractivity contribution < 1.29 is 14.3 Å². The van der Waals surface area contributed by atoms with E-state index in [9.17, 15) is 9.59 Å². The van der Waals surface area contributed by atoms with Gasteiger partial charge in [0.2, 0.25) is 0 Å². The summed E-state index contributed by atoms with van der Waals surface area (Å²) < 4.78 is 5.35. The fourth-order valence-electron chi connectivity index (χ4n) is 2.26. The van der Waals surface area contributed by atoms with E-state index in [-0.39, 0.29) is 23.8 Å². The monoisotopic (exact) mass is 241 g/mol. The summed E-state index contributed by atoms with van der Waals surface area (Å²) in [6, 6.07) is -0.0592. The highest BCUT2D eigenvalue weighted by Crippen LogP contribution is 2.25. The van der Waals surface area contributed by atoms with Crippen LogP contribution in [0.4, 0.5) is 4.79 Å². The Morgan fingerprint density at radius 1 is 1.29 bits per heavy atom. The van der Waals surface area contributed by atoms with Gasteiger partial charge in [-0.15, -0.1) is 0 Å². The van der Waals surface area contributed by atoms with Crippen LogP contribution in [-0.2, 0) is 9.53 Å². The minimum absolute atomic E-state index is 0.0451. The Balaban J connectivity index is 2.70. The molecule has 98 valence electrons. The summed E-state index contributed by atoms with van der Waals surface area (Å²) in [6.07, 6.45) is 1.43. The highest BCUT2D eigenvalue weighted by molar-refractivity contribution is 5.80. The van der Waals surface area contributed by atoms with E-state index >= 15 is 0 Å². The second kappa shape index (κ2) is 5.07. The Hall–Kier alpha value is -1.06. The molecule has 1 rings (SSSR count). The van der Waals surface area contributed by atoms with Gasteiger partial charge in [0.1, 0.15) is 11.4 Å². The van der Waals surface area contributed by atoms with Crippen molar-refractivity contribution in [2.24, 2.45) is 5.92 Å². The number of Topliss-reactive ketones (excluding diaryl/α,β-unsaturated/α-hetero) is 1. The van der Waals surface area contributed by atoms with Gasteiger partial charge in [-0.1, -0.05) is 0 Å². The van der Waals surface area contributed by atoms with Crippen LogP contribution in [0.3, 0.4) is 0 Å². The number of rotatable bonds is 1. The summed E-state index contributed by atoms with van der Waals surface area (Å²) in [7, 11) is 0. The van der Waals surface area contributed by atoms with Gasteiger partial charge in [0, 0.05) is 18.5 Å². The molecule has 0 spiro atoms. The fourth-order valence-corrected chi connectivity index (χ4v) is 2.26. The van der Waals surface area contributed by atoms with E-state index < -0.39 is 5.60 Å². The third-order valence-electron chi connectivity index (χ3n) is 3.14. The van der Waals surface area contributed by atoms with E-state index in [2.05, 4.69) is 0 Å². The van der Waals surface area contributed by atoms with Crippen molar-refractivity contribution in [2.45, 2.75) is 59.1 Å². The van der Waals surface area contributed by atoms with Crippen molar-refractivity contribution in [3.05, 3.63) is 0 Å². The second-order valence-corrected chi connectivity index (χ2v) is 5.77. The van der Waals surface area contributed by atoms with Crippen LogP contribution < -0.4 is 0 Å². The largest absolute Gasteiger partial charge is 0.444 e. The number of amides is 1. The first-order valence-corrected chi connectivity index (χ1v) is 6.22. The second-order valence-electron chi connectivity index (χ2n) is 5.77. The van der Waals surface area contributed by atoms with E-state index in [1.165, 1.54) is 0 Å². The van der Waals surface area contributed by atoms with Crippen LogP contribution in [0.2, 0.25) is 0 Å². The Bertz CT molecular complexity index is 306. The fraction of sp³-hybridized carbons (Fsp3) is 0.846. The molecule has 2 unspecified atom stereocenters. The molecule has 0 saturated carbocycles. The van der Waals surface area contributed by atoms with Gasteiger partial charge in [0.15, 0.2) is 0 Å². The van der Waals surface area contributed by atoms with Gasteiger partial charge in [0.05, 0.1) is 0 Å². The minimum Gasteiger partial charge on any atom is -0.444 e. The Morgan fingerprint density at radius 2 is 1.88 bits per heavy atom. The normalized spacial score (nSPS) is 25.6. The molecule has 0 bridgehead atoms. The van der Waals surface area contributed by atoms with Crippen LogP contribution in [0.5, 0.6) is 0 Å². The van der Waals surface area contributed by atoms with Crippen LogP contribution in [0.25, 0.3) is 0 Å². The summed E-state index contributed by atoms with van der Waals surface area (Å²) in [6.45, 7) is 9.75. The number of nitrogens with zero attached hydrogens (tertiary/aromatic N) is 1. The number of ether oxygens (including phenoxy) is 1. The highest BCUT2D eigenvalue weighted by atomic mass is 16.6. The first kappa shape index (κ1) is 14.0. The van der Waals surface area contributed by atoms with Gasteiger partial charge < -0.3 is 9.64 Å². The molecule has 1 aliphatic rings. The topological polar surface area (TPSA) is 46.6 Å². The number of likely N-dealkylation sites (tertiary alicyclic amines) is 1. The van der Waals surface area contributed by atoms with E-state index in [1.807, 2.05) is 27.7 Å². The van der Waals surface area contributed by atoms with Crippen molar-refractivity contribution in [3.8, 4) is 0 Å². The van der Waals surface area contributed by atoms with Crippen molar-refractivity contribution in [1.29, 1.82) is 0 Å². The minimum atomic E-state index is -0.486. The number of hydrogen-bond acceptors (Lipinski definition) is 3. The quantitative estimate of drug-likeness (QED) is 0.709. The van der Waals surface area contributed by atoms with Crippen molar-refractivity contribution >= 4 is 11.9 Å². The maximum atomic E-state index is 12.0. The molecule has 1 heterocycles. The average molecular weight is 241 g/mol. The molecule has 0 aliphatic carbocycles. The van der Waals surface area contributed by atoms with E-state index in [0.717, 1.165) is 12.8 Å². The van der Waals surface area contributed by atoms with Crippen LogP contribution in [0.1, 0.15) is 47.5 Å². The third-order valence-corrected chi connectivity index (χ3v) is 3.14. The lowest BCUT2D eigenvalue weighted by Gasteiger charge is -2.38. The summed E-state index contributed by atoms with van der Waals surface area (Å²) in [5.41, 5.74) is -0.486. The molecule has 1 aliphatic heterocycles. The predicted molar refractivity (Wildman–Crippen MR) is 65.8 cm³/mol. The molecule has 2 atom stereocenters. The summed E-state index contributed by atoms with van der Waals surface area (Å²) in [4.78, 5) is 25.1. The molecule has 1 saturated heterocycles. The van der Waals surface area contributed by atoms with Gasteiger partial charge in [-0.05, 0) is 47.5 Å². The summed E-state index contributed by atoms with van der Waals surface area (Å²) in [5.74, 6) is 0.113. The number of hydrogen-bond donors (Lipinski definition) is 0. The standard InChI is InChI=1S/C13H23NO3/c1-9-11(10(2)15)7-6-8-14(9)12(16)17-13(3,4)5/h9,11H,6-8H2,1-5H3. The van der Waals surface area contributed by atoms with Gasteiger partial charge in [0.25, 0.3) is 0 Å². The number of ketones is 1. The smallest absolute Gasteiger partial charge is 0.410 e. The van der Waals surface area contributed by atoms with Crippen LogP contribution in [0, 0.1) is 5.92 Å². The lowest BCUT2D eigenvalue weighted by atomic mass is 9.87. The molecule has 4 nitrogen and oxygen atoms in total. The Kier molecular flexibility index (Phi) is 4.17. The molecular weight excluding hydrogens is 218 g/mol. The molecule has 1 fully saturated rings.